The molecule has 0 bridgehead atoms. The van der Waals surface area contributed by atoms with E-state index in [0.29, 0.717) is 0 Å². The Bertz CT molecular complexity index is 654. The number of benzene rings is 1. The van der Waals surface area contributed by atoms with Crippen molar-refractivity contribution in [2.45, 2.75) is 0 Å². The van der Waals surface area contributed by atoms with Gasteiger partial charge in [0, 0.05) is 27.9 Å². The standard InChI is InChI=1S/C12H7BrN4/c13-11-4-10(17-7-8(5-14)6-15)3-9-1-2-16-12(9)11/h1-4,7,16-17H. The third kappa shape index (κ3) is 2.30. The number of H-pyrrole nitrogens is 1. The first kappa shape index (κ1) is 11.3. The number of nitrogens with one attached hydrogen (secondary N) is 2. The van der Waals surface area contributed by atoms with Crippen molar-refractivity contribution in [3.05, 3.63) is 40.6 Å². The first-order valence-corrected chi connectivity index (χ1v) is 5.57. The molecule has 0 saturated heterocycles. The highest BCUT2D eigenvalue weighted by molar-refractivity contribution is 9.10. The van der Waals surface area contributed by atoms with E-state index in [-0.39, 0.29) is 5.57 Å². The third-order valence-electron chi connectivity index (χ3n) is 2.24. The number of rotatable bonds is 2. The van der Waals surface area contributed by atoms with Gasteiger partial charge in [0.25, 0.3) is 0 Å². The maximum absolute atomic E-state index is 8.60. The minimum atomic E-state index is 0.0373. The van der Waals surface area contributed by atoms with E-state index < -0.39 is 0 Å². The number of aromatic amines is 1. The van der Waals surface area contributed by atoms with Gasteiger partial charge in [-0.3, -0.25) is 0 Å². The molecule has 0 aliphatic heterocycles. The van der Waals surface area contributed by atoms with Crippen molar-refractivity contribution in [3.8, 4) is 12.1 Å². The molecule has 82 valence electrons. The van der Waals surface area contributed by atoms with E-state index in [1.54, 1.807) is 12.1 Å². The number of hydrogen-bond acceptors (Lipinski definition) is 3. The van der Waals surface area contributed by atoms with E-state index in [2.05, 4.69) is 26.2 Å². The second kappa shape index (κ2) is 4.73. The minimum absolute atomic E-state index is 0.0373. The Labute approximate surface area is 106 Å². The van der Waals surface area contributed by atoms with Crippen LogP contribution in [0.15, 0.2) is 40.6 Å². The van der Waals surface area contributed by atoms with Crippen LogP contribution in [0.2, 0.25) is 0 Å². The van der Waals surface area contributed by atoms with Crippen molar-refractivity contribution >= 4 is 32.5 Å². The van der Waals surface area contributed by atoms with Crippen LogP contribution < -0.4 is 5.32 Å². The van der Waals surface area contributed by atoms with Crippen molar-refractivity contribution in [2.75, 3.05) is 5.32 Å². The van der Waals surface area contributed by atoms with Gasteiger partial charge in [-0.05, 0) is 34.1 Å². The molecular weight excluding hydrogens is 280 g/mol. The molecular formula is C12H7BrN4. The normalized spacial score (nSPS) is 9.35. The highest BCUT2D eigenvalue weighted by atomic mass is 79.9. The van der Waals surface area contributed by atoms with E-state index in [9.17, 15) is 0 Å². The van der Waals surface area contributed by atoms with Gasteiger partial charge in [-0.15, -0.1) is 0 Å². The van der Waals surface area contributed by atoms with E-state index >= 15 is 0 Å². The molecule has 4 nitrogen and oxygen atoms in total. The Morgan fingerprint density at radius 1 is 1.35 bits per heavy atom. The van der Waals surface area contributed by atoms with E-state index in [4.69, 9.17) is 10.5 Å². The topological polar surface area (TPSA) is 75.4 Å². The molecule has 2 N–H and O–H groups in total. The van der Waals surface area contributed by atoms with Gasteiger partial charge in [-0.2, -0.15) is 10.5 Å². The Morgan fingerprint density at radius 3 is 2.82 bits per heavy atom. The molecule has 0 radical (unpaired) electrons. The second-order valence-electron chi connectivity index (χ2n) is 3.33. The maximum Gasteiger partial charge on any atom is 0.145 e. The monoisotopic (exact) mass is 286 g/mol. The highest BCUT2D eigenvalue weighted by Crippen LogP contribution is 2.27. The smallest absolute Gasteiger partial charge is 0.145 e. The molecule has 0 saturated carbocycles. The first-order chi connectivity index (χ1) is 8.24. The van der Waals surface area contributed by atoms with Crippen LogP contribution in [0.25, 0.3) is 10.9 Å². The minimum Gasteiger partial charge on any atom is -0.360 e. The summed E-state index contributed by atoms with van der Waals surface area (Å²) in [6.07, 6.45) is 3.24. The Hall–Kier alpha value is -2.24. The van der Waals surface area contributed by atoms with Crippen LogP contribution in [0, 0.1) is 22.7 Å². The summed E-state index contributed by atoms with van der Waals surface area (Å²) in [7, 11) is 0. The van der Waals surface area contributed by atoms with Crippen LogP contribution in [0.3, 0.4) is 0 Å². The summed E-state index contributed by atoms with van der Waals surface area (Å²) in [6, 6.07) is 9.33. The summed E-state index contributed by atoms with van der Waals surface area (Å²) in [5, 5.41) is 21.2. The van der Waals surface area contributed by atoms with Crippen LogP contribution in [-0.4, -0.2) is 4.98 Å². The number of anilines is 1. The summed E-state index contributed by atoms with van der Waals surface area (Å²) >= 11 is 3.45. The number of nitrogens with zero attached hydrogens (tertiary/aromatic N) is 2. The van der Waals surface area contributed by atoms with Gasteiger partial charge in [0.05, 0.1) is 5.52 Å². The summed E-state index contributed by atoms with van der Waals surface area (Å²) in [5.74, 6) is 0. The fourth-order valence-electron chi connectivity index (χ4n) is 1.45. The number of allylic oxidation sites excluding steroid dienone is 1. The zero-order chi connectivity index (χ0) is 12.3. The van der Waals surface area contributed by atoms with Crippen molar-refractivity contribution < 1.29 is 0 Å². The predicted octanol–water partition coefficient (Wildman–Crippen LogP) is 3.27. The highest BCUT2D eigenvalue weighted by Gasteiger charge is 2.02. The molecule has 0 spiro atoms. The molecule has 2 aromatic rings. The molecule has 17 heavy (non-hydrogen) atoms. The molecule has 1 aromatic carbocycles. The van der Waals surface area contributed by atoms with Gasteiger partial charge in [-0.1, -0.05) is 0 Å². The molecule has 1 heterocycles. The number of nitriles is 2. The lowest BCUT2D eigenvalue weighted by Gasteiger charge is -2.02. The molecule has 1 aromatic heterocycles. The molecule has 0 amide bonds. The molecule has 2 rings (SSSR count). The van der Waals surface area contributed by atoms with Crippen molar-refractivity contribution in [3.63, 3.8) is 0 Å². The van der Waals surface area contributed by atoms with Crippen molar-refractivity contribution in [1.82, 2.24) is 4.98 Å². The van der Waals surface area contributed by atoms with Gasteiger partial charge in [-0.25, -0.2) is 0 Å². The van der Waals surface area contributed by atoms with E-state index in [1.807, 2.05) is 24.4 Å². The number of hydrogen-bond donors (Lipinski definition) is 2. The van der Waals surface area contributed by atoms with Crippen molar-refractivity contribution in [2.24, 2.45) is 0 Å². The Morgan fingerprint density at radius 2 is 2.12 bits per heavy atom. The molecule has 0 fully saturated rings. The zero-order valence-corrected chi connectivity index (χ0v) is 10.2. The predicted molar refractivity (Wildman–Crippen MR) is 68.9 cm³/mol. The average Bonchev–Trinajstić information content (AvgIpc) is 2.79. The van der Waals surface area contributed by atoms with Crippen molar-refractivity contribution in [1.29, 1.82) is 10.5 Å². The van der Waals surface area contributed by atoms with Crippen LogP contribution in [0.1, 0.15) is 0 Å². The van der Waals surface area contributed by atoms with Gasteiger partial charge in [0.2, 0.25) is 0 Å². The summed E-state index contributed by atoms with van der Waals surface area (Å²) in [6.45, 7) is 0. The molecule has 0 aliphatic carbocycles. The fraction of sp³-hybridized carbons (Fsp3) is 0. The quantitative estimate of drug-likeness (QED) is 0.832. The van der Waals surface area contributed by atoms with Gasteiger partial charge in [0.15, 0.2) is 0 Å². The Balaban J connectivity index is 2.35. The SMILES string of the molecule is N#CC(C#N)=CNc1cc(Br)c2[nH]ccc2c1. The first-order valence-electron chi connectivity index (χ1n) is 4.78. The van der Waals surface area contributed by atoms with Crippen LogP contribution in [-0.2, 0) is 0 Å². The lowest BCUT2D eigenvalue weighted by molar-refractivity contribution is 1.44. The molecule has 0 unspecified atom stereocenters. The second-order valence-corrected chi connectivity index (χ2v) is 4.18. The average molecular weight is 287 g/mol. The third-order valence-corrected chi connectivity index (χ3v) is 2.86. The Kier molecular flexibility index (Phi) is 3.13. The molecule has 0 aliphatic rings. The summed E-state index contributed by atoms with van der Waals surface area (Å²) < 4.78 is 0.923. The number of halogens is 1. The number of aromatic nitrogens is 1. The fourth-order valence-corrected chi connectivity index (χ4v) is 2.04. The molecule has 5 heteroatoms. The lowest BCUT2D eigenvalue weighted by atomic mass is 10.2. The van der Waals surface area contributed by atoms with E-state index in [1.165, 1.54) is 6.20 Å². The molecule has 0 atom stereocenters. The van der Waals surface area contributed by atoms with Crippen LogP contribution in [0.5, 0.6) is 0 Å². The largest absolute Gasteiger partial charge is 0.360 e. The maximum atomic E-state index is 8.60. The van der Waals surface area contributed by atoms with E-state index in [0.717, 1.165) is 21.1 Å². The number of fused-ring (bicyclic) bond motifs is 1. The van der Waals surface area contributed by atoms with Gasteiger partial charge in [0.1, 0.15) is 17.7 Å². The van der Waals surface area contributed by atoms with Crippen LogP contribution >= 0.6 is 15.9 Å². The van der Waals surface area contributed by atoms with Crippen LogP contribution in [0.4, 0.5) is 5.69 Å². The van der Waals surface area contributed by atoms with Gasteiger partial charge >= 0.3 is 0 Å². The summed E-state index contributed by atoms with van der Waals surface area (Å²) in [5.41, 5.74) is 1.86. The van der Waals surface area contributed by atoms with Gasteiger partial charge < -0.3 is 10.3 Å². The lowest BCUT2D eigenvalue weighted by Crippen LogP contribution is -1.90. The summed E-state index contributed by atoms with van der Waals surface area (Å²) in [4.78, 5) is 3.11. The zero-order valence-electron chi connectivity index (χ0n) is 8.66.